The molecule has 5 heteroatoms. The third-order valence-corrected chi connectivity index (χ3v) is 4.78. The van der Waals surface area contributed by atoms with E-state index in [1.54, 1.807) is 17.9 Å². The number of ether oxygens (including phenoxy) is 1. The molecule has 1 atom stereocenters. The Morgan fingerprint density at radius 1 is 1.29 bits per heavy atom. The summed E-state index contributed by atoms with van der Waals surface area (Å²) in [7, 11) is 0. The second-order valence-electron chi connectivity index (χ2n) is 5.49. The van der Waals surface area contributed by atoms with Crippen LogP contribution in [0.5, 0.6) is 5.75 Å². The number of rotatable bonds is 5. The standard InChI is InChI=1S/C19H17BrO3S/c1-13-4-3-5-18(16(13)7-9-24(2)21)23-12-14-10-15-6-8-22-19(15)17(20)11-14/h3-11H,12H2,1-2H3. The van der Waals surface area contributed by atoms with Gasteiger partial charge in [-0.05, 0) is 75.5 Å². The average molecular weight is 405 g/mol. The van der Waals surface area contributed by atoms with Crippen LogP contribution in [0.25, 0.3) is 17.0 Å². The molecule has 2 aromatic carbocycles. The van der Waals surface area contributed by atoms with Gasteiger partial charge in [0.1, 0.15) is 23.3 Å². The number of benzene rings is 2. The Bertz CT molecular complexity index is 883. The lowest BCUT2D eigenvalue weighted by Gasteiger charge is -2.12. The van der Waals surface area contributed by atoms with E-state index in [1.807, 2.05) is 43.3 Å². The first-order valence-corrected chi connectivity index (χ1v) is 9.84. The molecule has 24 heavy (non-hydrogen) atoms. The van der Waals surface area contributed by atoms with Crippen LogP contribution < -0.4 is 4.74 Å². The van der Waals surface area contributed by atoms with Gasteiger partial charge in [-0.15, -0.1) is 0 Å². The monoisotopic (exact) mass is 404 g/mol. The third kappa shape index (κ3) is 3.86. The van der Waals surface area contributed by atoms with Crippen molar-refractivity contribution in [3.05, 3.63) is 69.2 Å². The molecule has 3 aromatic rings. The van der Waals surface area contributed by atoms with Crippen LogP contribution in [0.3, 0.4) is 0 Å². The van der Waals surface area contributed by atoms with Gasteiger partial charge >= 0.3 is 0 Å². The lowest BCUT2D eigenvalue weighted by atomic mass is 10.1. The van der Waals surface area contributed by atoms with Crippen molar-refractivity contribution in [1.82, 2.24) is 0 Å². The summed E-state index contributed by atoms with van der Waals surface area (Å²) in [5, 5.41) is 2.71. The molecule has 0 fully saturated rings. The summed E-state index contributed by atoms with van der Waals surface area (Å²) in [4.78, 5) is 0. The topological polar surface area (TPSA) is 45.4 Å². The van der Waals surface area contributed by atoms with E-state index in [9.17, 15) is 4.55 Å². The SMILES string of the molecule is Cc1cccc(OCc2cc(Br)c3occc3c2)c1C=C[S+](C)[O-]. The first kappa shape index (κ1) is 17.1. The van der Waals surface area contributed by atoms with E-state index in [-0.39, 0.29) is 0 Å². The van der Waals surface area contributed by atoms with Crippen molar-refractivity contribution in [3.63, 3.8) is 0 Å². The Hall–Kier alpha value is -1.69. The number of hydrogen-bond donors (Lipinski definition) is 0. The molecule has 0 radical (unpaired) electrons. The smallest absolute Gasteiger partial charge is 0.148 e. The molecule has 3 rings (SSSR count). The number of furan rings is 1. The van der Waals surface area contributed by atoms with Gasteiger partial charge in [0.15, 0.2) is 0 Å². The molecule has 0 aliphatic rings. The van der Waals surface area contributed by atoms with Gasteiger partial charge < -0.3 is 13.7 Å². The quantitative estimate of drug-likeness (QED) is 0.532. The van der Waals surface area contributed by atoms with E-state index < -0.39 is 11.2 Å². The summed E-state index contributed by atoms with van der Waals surface area (Å²) in [6.45, 7) is 2.46. The minimum absolute atomic E-state index is 0.444. The first-order valence-electron chi connectivity index (χ1n) is 7.43. The third-order valence-electron chi connectivity index (χ3n) is 3.67. The van der Waals surface area contributed by atoms with Gasteiger partial charge in [0, 0.05) is 10.9 Å². The highest BCUT2D eigenvalue weighted by molar-refractivity contribution is 9.10. The highest BCUT2D eigenvalue weighted by atomic mass is 79.9. The fraction of sp³-hybridized carbons (Fsp3) is 0.158. The van der Waals surface area contributed by atoms with Crippen LogP contribution in [0.1, 0.15) is 16.7 Å². The highest BCUT2D eigenvalue weighted by Gasteiger charge is 2.08. The summed E-state index contributed by atoms with van der Waals surface area (Å²) in [6, 6.07) is 11.9. The molecule has 0 saturated carbocycles. The highest BCUT2D eigenvalue weighted by Crippen LogP contribution is 2.29. The van der Waals surface area contributed by atoms with E-state index in [2.05, 4.69) is 22.0 Å². The Kier molecular flexibility index (Phi) is 5.33. The maximum atomic E-state index is 11.3. The largest absolute Gasteiger partial charge is 0.612 e. The summed E-state index contributed by atoms with van der Waals surface area (Å²) >= 11 is 2.54. The second kappa shape index (κ2) is 7.47. The molecule has 0 N–H and O–H groups in total. The molecule has 0 spiro atoms. The molecule has 0 amide bonds. The van der Waals surface area contributed by atoms with Crippen LogP contribution in [-0.2, 0) is 17.8 Å². The molecule has 1 unspecified atom stereocenters. The predicted molar refractivity (Wildman–Crippen MR) is 103 cm³/mol. The van der Waals surface area contributed by atoms with Gasteiger partial charge in [-0.1, -0.05) is 12.1 Å². The predicted octanol–water partition coefficient (Wildman–Crippen LogP) is 5.43. The number of hydrogen-bond acceptors (Lipinski definition) is 3. The van der Waals surface area contributed by atoms with Gasteiger partial charge in [-0.3, -0.25) is 0 Å². The minimum atomic E-state index is -0.989. The summed E-state index contributed by atoms with van der Waals surface area (Å²) in [6.07, 6.45) is 5.18. The molecule has 3 nitrogen and oxygen atoms in total. The van der Waals surface area contributed by atoms with E-state index in [1.165, 1.54) is 0 Å². The van der Waals surface area contributed by atoms with Crippen molar-refractivity contribution in [3.8, 4) is 5.75 Å². The fourth-order valence-electron chi connectivity index (χ4n) is 2.50. The maximum Gasteiger partial charge on any atom is 0.148 e. The molecular formula is C19H17BrO3S. The summed E-state index contributed by atoms with van der Waals surface area (Å²) < 4.78 is 23.7. The average Bonchev–Trinajstić information content (AvgIpc) is 3.01. The number of aryl methyl sites for hydroxylation is 1. The zero-order valence-electron chi connectivity index (χ0n) is 13.4. The van der Waals surface area contributed by atoms with E-state index in [4.69, 9.17) is 9.15 Å². The van der Waals surface area contributed by atoms with E-state index in [0.717, 1.165) is 37.9 Å². The molecule has 1 aromatic heterocycles. The summed E-state index contributed by atoms with van der Waals surface area (Å²) in [5.74, 6) is 0.778. The molecule has 0 aliphatic carbocycles. The van der Waals surface area contributed by atoms with Crippen molar-refractivity contribution < 1.29 is 13.7 Å². The van der Waals surface area contributed by atoms with Crippen LogP contribution >= 0.6 is 15.9 Å². The number of fused-ring (bicyclic) bond motifs is 1. The molecule has 124 valence electrons. The minimum Gasteiger partial charge on any atom is -0.612 e. The lowest BCUT2D eigenvalue weighted by molar-refractivity contribution is 0.305. The maximum absolute atomic E-state index is 11.3. The van der Waals surface area contributed by atoms with Gasteiger partial charge in [0.25, 0.3) is 0 Å². The fourth-order valence-corrected chi connectivity index (χ4v) is 3.44. The Morgan fingerprint density at radius 3 is 2.92 bits per heavy atom. The van der Waals surface area contributed by atoms with E-state index in [0.29, 0.717) is 6.61 Å². The molecule has 0 aliphatic heterocycles. The molecule has 0 saturated heterocycles. The van der Waals surface area contributed by atoms with Gasteiger partial charge in [-0.2, -0.15) is 0 Å². The summed E-state index contributed by atoms with van der Waals surface area (Å²) in [5.41, 5.74) is 3.92. The van der Waals surface area contributed by atoms with Crippen molar-refractivity contribution in [2.75, 3.05) is 6.26 Å². The van der Waals surface area contributed by atoms with Gasteiger partial charge in [0.2, 0.25) is 0 Å². The van der Waals surface area contributed by atoms with Crippen LogP contribution in [0.4, 0.5) is 0 Å². The lowest BCUT2D eigenvalue weighted by Crippen LogP contribution is -1.98. The molecular weight excluding hydrogens is 388 g/mol. The Labute approximate surface area is 152 Å². The van der Waals surface area contributed by atoms with Crippen LogP contribution in [0, 0.1) is 6.92 Å². The Balaban J connectivity index is 1.84. The zero-order chi connectivity index (χ0) is 17.1. The van der Waals surface area contributed by atoms with Crippen molar-refractivity contribution in [2.24, 2.45) is 0 Å². The second-order valence-corrected chi connectivity index (χ2v) is 7.62. The zero-order valence-corrected chi connectivity index (χ0v) is 15.8. The van der Waals surface area contributed by atoms with Crippen molar-refractivity contribution in [1.29, 1.82) is 0 Å². The Morgan fingerprint density at radius 2 is 2.12 bits per heavy atom. The van der Waals surface area contributed by atoms with Crippen molar-refractivity contribution >= 4 is 44.2 Å². The number of halogens is 1. The van der Waals surface area contributed by atoms with Gasteiger partial charge in [-0.25, -0.2) is 0 Å². The van der Waals surface area contributed by atoms with Gasteiger partial charge in [0.05, 0.1) is 17.0 Å². The van der Waals surface area contributed by atoms with Crippen LogP contribution in [0.2, 0.25) is 0 Å². The molecule has 1 heterocycles. The van der Waals surface area contributed by atoms with Crippen LogP contribution in [0.15, 0.2) is 57.0 Å². The van der Waals surface area contributed by atoms with E-state index >= 15 is 0 Å². The normalized spacial score (nSPS) is 12.8. The first-order chi connectivity index (χ1) is 11.5. The van der Waals surface area contributed by atoms with Crippen molar-refractivity contribution in [2.45, 2.75) is 13.5 Å². The van der Waals surface area contributed by atoms with Crippen LogP contribution in [-0.4, -0.2) is 10.8 Å². The molecule has 0 bridgehead atoms.